The van der Waals surface area contributed by atoms with E-state index in [1.165, 1.54) is 64.2 Å². The molecule has 4 aromatic heterocycles. The molecule has 4 aromatic rings. The molecule has 0 aromatic carbocycles. The zero-order valence-electron chi connectivity index (χ0n) is 19.3. The molecule has 0 aliphatic carbocycles. The summed E-state index contributed by atoms with van der Waals surface area (Å²) < 4.78 is 13.3. The van der Waals surface area contributed by atoms with Crippen LogP contribution in [0, 0.1) is 0 Å². The summed E-state index contributed by atoms with van der Waals surface area (Å²) in [6, 6.07) is 19.5. The van der Waals surface area contributed by atoms with Gasteiger partial charge in [0.25, 0.3) is 0 Å². The van der Waals surface area contributed by atoms with E-state index in [2.05, 4.69) is 62.4 Å². The molecule has 4 heterocycles. The van der Waals surface area contributed by atoms with E-state index in [1.807, 2.05) is 0 Å². The summed E-state index contributed by atoms with van der Waals surface area (Å²) in [4.78, 5) is 0. The van der Waals surface area contributed by atoms with Crippen molar-refractivity contribution in [2.75, 3.05) is 0 Å². The Morgan fingerprint density at radius 3 is 1.12 bits per heavy atom. The number of aryl methyl sites for hydroxylation is 2. The van der Waals surface area contributed by atoms with Crippen molar-refractivity contribution in [3.8, 4) is 26.6 Å². The minimum absolute atomic E-state index is 0.508. The van der Waals surface area contributed by atoms with Crippen molar-refractivity contribution < 1.29 is 0 Å². The van der Waals surface area contributed by atoms with Crippen LogP contribution in [0.5, 0.6) is 0 Å². The second kappa shape index (κ2) is 13.2. The van der Waals surface area contributed by atoms with Crippen LogP contribution < -0.4 is 0 Å². The van der Waals surface area contributed by atoms with E-state index >= 15 is 0 Å². The van der Waals surface area contributed by atoms with E-state index in [0.29, 0.717) is 58.0 Å². The third-order valence-electron chi connectivity index (χ3n) is 5.82. The van der Waals surface area contributed by atoms with Crippen LogP contribution in [0.1, 0.15) is 74.1 Å². The molecule has 0 aliphatic rings. The van der Waals surface area contributed by atoms with Crippen molar-refractivity contribution in [1.82, 2.24) is 0 Å². The van der Waals surface area contributed by atoms with Crippen LogP contribution in [-0.4, -0.2) is 58.0 Å². The molecule has 0 nitrogen and oxygen atoms in total. The second-order valence-corrected chi connectivity index (χ2v) is 17.9. The van der Waals surface area contributed by atoms with Gasteiger partial charge in [-0.25, -0.2) is 0 Å². The Kier molecular flexibility index (Phi) is 10.3. The molecule has 0 unspecified atom stereocenters. The first-order valence-corrected chi connectivity index (χ1v) is 19.0. The van der Waals surface area contributed by atoms with Crippen molar-refractivity contribution in [2.45, 2.75) is 78.1 Å². The van der Waals surface area contributed by atoms with Gasteiger partial charge >= 0.3 is 220 Å². The molecule has 0 saturated carbocycles. The maximum atomic E-state index is 2.45. The molecule has 0 aliphatic heterocycles. The summed E-state index contributed by atoms with van der Waals surface area (Å²) >= 11 is 2.18. The van der Waals surface area contributed by atoms with Crippen molar-refractivity contribution in [1.29, 1.82) is 0 Å². The summed E-state index contributed by atoms with van der Waals surface area (Å²) in [5.74, 6) is 0. The van der Waals surface area contributed by atoms with Crippen molar-refractivity contribution in [3.05, 3.63) is 57.4 Å². The molecule has 170 valence electrons. The van der Waals surface area contributed by atoms with Crippen LogP contribution in [0.2, 0.25) is 0 Å². The van der Waals surface area contributed by atoms with E-state index < -0.39 is 0 Å². The standard InChI is InChI=1S/C28H34Se4/c1-3-5-7-9-11-21-13-15-23(29-21)25-17-19-27(31-25)28-20-18-26(32-28)24-16-14-22(30-24)12-10-8-6-4-2/h13-20H,3-12H2,1-2H3. The van der Waals surface area contributed by atoms with Crippen LogP contribution in [-0.2, 0) is 12.8 Å². The van der Waals surface area contributed by atoms with Crippen LogP contribution in [0.15, 0.2) is 48.5 Å². The zero-order chi connectivity index (χ0) is 22.2. The van der Waals surface area contributed by atoms with E-state index in [-0.39, 0.29) is 0 Å². The predicted molar refractivity (Wildman–Crippen MR) is 146 cm³/mol. The molecule has 4 heteroatoms. The molecule has 0 fully saturated rings. The van der Waals surface area contributed by atoms with E-state index in [9.17, 15) is 0 Å². The van der Waals surface area contributed by atoms with Gasteiger partial charge in [-0.2, -0.15) is 0 Å². The predicted octanol–water partition coefficient (Wildman–Crippen LogP) is 7.16. The third-order valence-corrected chi connectivity index (χ3v) is 17.6. The van der Waals surface area contributed by atoms with E-state index in [1.54, 1.807) is 35.5 Å². The van der Waals surface area contributed by atoms with Gasteiger partial charge in [-0.15, -0.1) is 0 Å². The zero-order valence-corrected chi connectivity index (χ0v) is 26.2. The average Bonchev–Trinajstić information content (AvgIpc) is 3.60. The monoisotopic (exact) mass is 690 g/mol. The fourth-order valence-corrected chi connectivity index (χ4v) is 14.3. The summed E-state index contributed by atoms with van der Waals surface area (Å²) in [5, 5.41) is 0. The average molecular weight is 686 g/mol. The number of rotatable bonds is 13. The summed E-state index contributed by atoms with van der Waals surface area (Å²) in [7, 11) is 0. The van der Waals surface area contributed by atoms with Gasteiger partial charge in [-0.1, -0.05) is 0 Å². The molecular weight excluding hydrogens is 652 g/mol. The van der Waals surface area contributed by atoms with Crippen LogP contribution >= 0.6 is 0 Å². The Balaban J connectivity index is 1.37. The van der Waals surface area contributed by atoms with Gasteiger partial charge in [0.05, 0.1) is 0 Å². The number of unbranched alkanes of at least 4 members (excludes halogenated alkanes) is 6. The second-order valence-electron chi connectivity index (χ2n) is 8.48. The van der Waals surface area contributed by atoms with Crippen LogP contribution in [0.25, 0.3) is 26.6 Å². The van der Waals surface area contributed by atoms with Crippen molar-refractivity contribution >= 4 is 58.0 Å². The first-order valence-electron chi connectivity index (χ1n) is 12.1. The Morgan fingerprint density at radius 2 is 0.750 bits per heavy atom. The molecular formula is C28H34Se4. The van der Waals surface area contributed by atoms with Gasteiger partial charge < -0.3 is 0 Å². The van der Waals surface area contributed by atoms with Gasteiger partial charge in [0.2, 0.25) is 0 Å². The van der Waals surface area contributed by atoms with Gasteiger partial charge in [-0.05, 0) is 0 Å². The SMILES string of the molecule is CCCCCCc1ccc(-c2ccc(-c3ccc(-c4ccc(CCCCCC)[se]4)[se]3)[se]2)[se]1. The van der Waals surface area contributed by atoms with Gasteiger partial charge in [-0.3, -0.25) is 0 Å². The molecule has 4 rings (SSSR count). The van der Waals surface area contributed by atoms with Crippen molar-refractivity contribution in [2.24, 2.45) is 0 Å². The fraction of sp³-hybridized carbons (Fsp3) is 0.429. The fourth-order valence-electron chi connectivity index (χ4n) is 3.95. The first-order chi connectivity index (χ1) is 15.8. The Bertz CT molecular complexity index is 988. The van der Waals surface area contributed by atoms with E-state index in [0.717, 1.165) is 0 Å². The van der Waals surface area contributed by atoms with Crippen LogP contribution in [0.4, 0.5) is 0 Å². The molecule has 0 saturated heterocycles. The Morgan fingerprint density at radius 1 is 0.406 bits per heavy atom. The molecule has 0 spiro atoms. The third kappa shape index (κ3) is 7.01. The topological polar surface area (TPSA) is 0 Å². The molecule has 32 heavy (non-hydrogen) atoms. The van der Waals surface area contributed by atoms with E-state index in [4.69, 9.17) is 0 Å². The Labute approximate surface area is 218 Å². The maximum absolute atomic E-state index is 2.45. The molecule has 0 bridgehead atoms. The summed E-state index contributed by atoms with van der Waals surface area (Å²) in [6.45, 7) is 4.60. The molecule has 0 radical (unpaired) electrons. The molecule has 0 amide bonds. The number of hydrogen-bond donors (Lipinski definition) is 0. The Hall–Kier alpha value is -0.00208. The van der Waals surface area contributed by atoms with Gasteiger partial charge in [0.1, 0.15) is 0 Å². The first kappa shape index (κ1) is 25.1. The molecule has 0 N–H and O–H groups in total. The van der Waals surface area contributed by atoms with Gasteiger partial charge in [0.15, 0.2) is 0 Å². The molecule has 0 atom stereocenters. The number of hydrogen-bond acceptors (Lipinski definition) is 0. The summed E-state index contributed by atoms with van der Waals surface area (Å²) in [5.41, 5.74) is 0. The summed E-state index contributed by atoms with van der Waals surface area (Å²) in [6.07, 6.45) is 13.7. The van der Waals surface area contributed by atoms with Crippen molar-refractivity contribution in [3.63, 3.8) is 0 Å². The normalized spacial score (nSPS) is 11.4. The minimum atomic E-state index is 0.508. The van der Waals surface area contributed by atoms with Crippen LogP contribution in [0.3, 0.4) is 0 Å². The quantitative estimate of drug-likeness (QED) is 0.104. The van der Waals surface area contributed by atoms with Gasteiger partial charge in [0, 0.05) is 0 Å².